The summed E-state index contributed by atoms with van der Waals surface area (Å²) in [5.41, 5.74) is 3.34. The van der Waals surface area contributed by atoms with Crippen LogP contribution in [0.15, 0.2) is 140 Å². The van der Waals surface area contributed by atoms with Gasteiger partial charge in [-0.25, -0.2) is 0 Å². The number of benzene rings is 5. The van der Waals surface area contributed by atoms with Crippen LogP contribution in [0.3, 0.4) is 0 Å². The number of carbonyl (C=O) groups excluding carboxylic acids is 1. The van der Waals surface area contributed by atoms with Crippen molar-refractivity contribution in [2.24, 2.45) is 0 Å². The molecule has 2 nitrogen and oxygen atoms in total. The molecule has 0 bridgehead atoms. The number of hydrogen-bond donors (Lipinski definition) is 0. The molecular weight excluding hydrogens is 555 g/mol. The molecule has 5 aromatic carbocycles. The Bertz CT molecular complexity index is 1670. The van der Waals surface area contributed by atoms with Crippen molar-refractivity contribution in [1.82, 2.24) is 0 Å². The molecule has 0 unspecified atom stereocenters. The molecule has 0 N–H and O–H groups in total. The van der Waals surface area contributed by atoms with Crippen molar-refractivity contribution in [1.29, 1.82) is 0 Å². The van der Waals surface area contributed by atoms with Crippen molar-refractivity contribution in [2.75, 3.05) is 4.90 Å². The zero-order valence-corrected chi connectivity index (χ0v) is 25.0. The first-order valence-corrected chi connectivity index (χ1v) is 14.8. The maximum absolute atomic E-state index is 14.1. The molecule has 222 valence electrons. The highest BCUT2D eigenvalue weighted by Gasteiger charge is 2.54. The van der Waals surface area contributed by atoms with E-state index < -0.39 is 28.5 Å². The van der Waals surface area contributed by atoms with Gasteiger partial charge in [-0.05, 0) is 59.7 Å². The van der Waals surface area contributed by atoms with Crippen molar-refractivity contribution >= 4 is 11.6 Å². The van der Waals surface area contributed by atoms with Gasteiger partial charge in [0.2, 0.25) is 0 Å². The monoisotopic (exact) mass is 589 g/mol. The molecule has 0 aliphatic carbocycles. The van der Waals surface area contributed by atoms with Crippen molar-refractivity contribution in [3.05, 3.63) is 173 Å². The molecule has 0 saturated carbocycles. The molecule has 1 aliphatic heterocycles. The van der Waals surface area contributed by atoms with E-state index in [4.69, 9.17) is 0 Å². The van der Waals surface area contributed by atoms with Gasteiger partial charge in [-0.1, -0.05) is 140 Å². The Hall–Kier alpha value is -4.64. The number of rotatable bonds is 5. The second-order valence-electron chi connectivity index (χ2n) is 12.4. The lowest BCUT2D eigenvalue weighted by atomic mass is 9.61. The highest BCUT2D eigenvalue weighted by atomic mass is 19.4. The zero-order chi connectivity index (χ0) is 31.2. The van der Waals surface area contributed by atoms with E-state index in [2.05, 4.69) is 43.3 Å². The number of hydrogen-bond acceptors (Lipinski definition) is 1. The predicted octanol–water partition coefficient (Wildman–Crippen LogP) is 9.45. The molecule has 5 aromatic rings. The minimum absolute atomic E-state index is 0.279. The van der Waals surface area contributed by atoms with Gasteiger partial charge in [0, 0.05) is 16.6 Å². The Kier molecular flexibility index (Phi) is 7.23. The van der Waals surface area contributed by atoms with Crippen LogP contribution >= 0.6 is 0 Å². The van der Waals surface area contributed by atoms with E-state index in [0.29, 0.717) is 12.0 Å². The Morgan fingerprint density at radius 3 is 1.48 bits per heavy atom. The number of halogens is 3. The predicted molar refractivity (Wildman–Crippen MR) is 170 cm³/mol. The van der Waals surface area contributed by atoms with E-state index in [9.17, 15) is 18.0 Å². The highest BCUT2D eigenvalue weighted by Crippen LogP contribution is 2.54. The molecule has 1 heterocycles. The van der Waals surface area contributed by atoms with E-state index in [1.807, 2.05) is 97.1 Å². The Balaban J connectivity index is 1.73. The molecule has 1 aliphatic rings. The van der Waals surface area contributed by atoms with Crippen molar-refractivity contribution in [3.8, 4) is 0 Å². The van der Waals surface area contributed by atoms with Crippen LogP contribution in [0.1, 0.15) is 60.6 Å². The van der Waals surface area contributed by atoms with E-state index in [0.717, 1.165) is 32.7 Å². The molecule has 1 amide bonds. The standard InChI is InChI=1S/C39H34F3NO/c1-36(2)27-37(3,28-16-8-4-9-17-28)33-26-32(24-25-34(33)43(36)35(44)39(40,41)42)38(29-18-10-5-11-19-29,30-20-12-6-13-21-30)31-22-14-7-15-23-31/h4-26H,27H2,1-3H3/t37-/m0/s1. The van der Waals surface area contributed by atoms with Crippen LogP contribution in [0.25, 0.3) is 0 Å². The van der Waals surface area contributed by atoms with E-state index in [1.54, 1.807) is 19.9 Å². The van der Waals surface area contributed by atoms with Gasteiger partial charge in [-0.3, -0.25) is 9.69 Å². The molecular formula is C39H34F3NO. The third-order valence-corrected chi connectivity index (χ3v) is 9.13. The van der Waals surface area contributed by atoms with Gasteiger partial charge in [0.1, 0.15) is 0 Å². The van der Waals surface area contributed by atoms with Gasteiger partial charge in [0.15, 0.2) is 0 Å². The summed E-state index contributed by atoms with van der Waals surface area (Å²) >= 11 is 0. The second-order valence-corrected chi connectivity index (χ2v) is 12.4. The van der Waals surface area contributed by atoms with Gasteiger partial charge >= 0.3 is 12.1 Å². The largest absolute Gasteiger partial charge is 0.471 e. The van der Waals surface area contributed by atoms with Crippen LogP contribution in [0.5, 0.6) is 0 Å². The summed E-state index contributed by atoms with van der Waals surface area (Å²) in [4.78, 5) is 14.1. The summed E-state index contributed by atoms with van der Waals surface area (Å²) in [7, 11) is 0. The van der Waals surface area contributed by atoms with E-state index >= 15 is 0 Å². The smallest absolute Gasteiger partial charge is 0.299 e. The molecule has 0 fully saturated rings. The lowest BCUT2D eigenvalue weighted by Gasteiger charge is -2.52. The van der Waals surface area contributed by atoms with Crippen LogP contribution in [0.4, 0.5) is 18.9 Å². The summed E-state index contributed by atoms with van der Waals surface area (Å²) in [6.07, 6.45) is -4.72. The maximum atomic E-state index is 14.1. The van der Waals surface area contributed by atoms with Crippen molar-refractivity contribution in [2.45, 2.75) is 49.7 Å². The van der Waals surface area contributed by atoms with Crippen molar-refractivity contribution in [3.63, 3.8) is 0 Å². The second kappa shape index (κ2) is 10.8. The molecule has 0 aromatic heterocycles. The third-order valence-electron chi connectivity index (χ3n) is 9.13. The van der Waals surface area contributed by atoms with Crippen LogP contribution in [0, 0.1) is 0 Å². The fraction of sp³-hybridized carbons (Fsp3) is 0.205. The zero-order valence-electron chi connectivity index (χ0n) is 25.0. The fourth-order valence-electron chi connectivity index (χ4n) is 7.41. The normalized spacial score (nSPS) is 18.0. The first kappa shape index (κ1) is 29.4. The molecule has 44 heavy (non-hydrogen) atoms. The van der Waals surface area contributed by atoms with E-state index in [1.165, 1.54) is 0 Å². The third kappa shape index (κ3) is 4.71. The molecule has 0 radical (unpaired) electrons. The van der Waals surface area contributed by atoms with E-state index in [-0.39, 0.29) is 5.69 Å². The lowest BCUT2D eigenvalue weighted by molar-refractivity contribution is -0.172. The number of fused-ring (bicyclic) bond motifs is 1. The Morgan fingerprint density at radius 1 is 0.614 bits per heavy atom. The number of carbonyl (C=O) groups is 1. The summed E-state index contributed by atoms with van der Waals surface area (Å²) in [6.45, 7) is 5.52. The number of amides is 1. The van der Waals surface area contributed by atoms with Gasteiger partial charge in [0.25, 0.3) is 0 Å². The van der Waals surface area contributed by atoms with Crippen LogP contribution in [0.2, 0.25) is 0 Å². The SMILES string of the molecule is CC1(C)C[C@@](C)(c2ccccc2)c2cc(C(c3ccccc3)(c3ccccc3)c3ccccc3)ccc2N1C(=O)C(F)(F)F. The summed E-state index contributed by atoms with van der Waals surface area (Å²) in [5.74, 6) is -1.85. The topological polar surface area (TPSA) is 20.3 Å². The molecule has 6 rings (SSSR count). The first-order valence-electron chi connectivity index (χ1n) is 14.8. The first-order chi connectivity index (χ1) is 21.0. The minimum Gasteiger partial charge on any atom is -0.299 e. The Labute approximate surface area is 256 Å². The molecule has 0 saturated heterocycles. The van der Waals surface area contributed by atoms with Crippen LogP contribution < -0.4 is 4.90 Å². The maximum Gasteiger partial charge on any atom is 0.471 e. The average Bonchev–Trinajstić information content (AvgIpc) is 3.03. The van der Waals surface area contributed by atoms with Crippen LogP contribution in [-0.4, -0.2) is 17.6 Å². The van der Waals surface area contributed by atoms with Crippen molar-refractivity contribution < 1.29 is 18.0 Å². The Morgan fingerprint density at radius 2 is 1.05 bits per heavy atom. The fourth-order valence-corrected chi connectivity index (χ4v) is 7.41. The lowest BCUT2D eigenvalue weighted by Crippen LogP contribution is -2.59. The van der Waals surface area contributed by atoms with Gasteiger partial charge in [-0.2, -0.15) is 13.2 Å². The quantitative estimate of drug-likeness (QED) is 0.187. The minimum atomic E-state index is -5.02. The summed E-state index contributed by atoms with van der Waals surface area (Å²) in [5, 5.41) is 0. The molecule has 0 spiro atoms. The summed E-state index contributed by atoms with van der Waals surface area (Å²) < 4.78 is 42.4. The van der Waals surface area contributed by atoms with Crippen LogP contribution in [-0.2, 0) is 15.6 Å². The number of nitrogens with zero attached hydrogens (tertiary/aromatic N) is 1. The highest BCUT2D eigenvalue weighted by molar-refractivity contribution is 6.00. The van der Waals surface area contributed by atoms with Gasteiger partial charge in [-0.15, -0.1) is 0 Å². The number of anilines is 1. The number of alkyl halides is 3. The molecule has 5 heteroatoms. The van der Waals surface area contributed by atoms with Gasteiger partial charge in [0.05, 0.1) is 5.41 Å². The molecule has 1 atom stereocenters. The average molecular weight is 590 g/mol. The summed E-state index contributed by atoms with van der Waals surface area (Å²) in [6, 6.07) is 46.1. The van der Waals surface area contributed by atoms with Gasteiger partial charge < -0.3 is 0 Å².